The van der Waals surface area contributed by atoms with Crippen LogP contribution in [0.25, 0.3) is 0 Å². The van der Waals surface area contributed by atoms with E-state index in [0.29, 0.717) is 9.13 Å². The molecule has 104 valence electrons. The van der Waals surface area contributed by atoms with Crippen molar-refractivity contribution in [2.75, 3.05) is 6.54 Å². The van der Waals surface area contributed by atoms with E-state index in [1.54, 1.807) is 12.1 Å². The van der Waals surface area contributed by atoms with E-state index in [0.717, 1.165) is 5.56 Å². The maximum Gasteiger partial charge on any atom is 0.252 e. The van der Waals surface area contributed by atoms with Crippen molar-refractivity contribution in [2.45, 2.75) is 6.10 Å². The van der Waals surface area contributed by atoms with Crippen LogP contribution in [0.15, 0.2) is 48.5 Å². The molecule has 2 N–H and O–H groups in total. The normalized spacial score (nSPS) is 11.9. The maximum atomic E-state index is 13.0. The van der Waals surface area contributed by atoms with Crippen molar-refractivity contribution in [3.05, 3.63) is 69.0 Å². The molecule has 1 unspecified atom stereocenters. The smallest absolute Gasteiger partial charge is 0.252 e. The van der Waals surface area contributed by atoms with Gasteiger partial charge in [-0.1, -0.05) is 30.3 Å². The van der Waals surface area contributed by atoms with Gasteiger partial charge in [-0.2, -0.15) is 0 Å². The van der Waals surface area contributed by atoms with E-state index < -0.39 is 6.10 Å². The van der Waals surface area contributed by atoms with E-state index in [1.807, 2.05) is 40.8 Å². The molecule has 2 aromatic rings. The summed E-state index contributed by atoms with van der Waals surface area (Å²) in [7, 11) is 0. The minimum atomic E-state index is -0.766. The topological polar surface area (TPSA) is 49.3 Å². The highest BCUT2D eigenvalue weighted by molar-refractivity contribution is 14.1. The van der Waals surface area contributed by atoms with Crippen LogP contribution in [0.3, 0.4) is 0 Å². The van der Waals surface area contributed by atoms with E-state index in [1.165, 1.54) is 18.2 Å². The molecule has 3 nitrogen and oxygen atoms in total. The van der Waals surface area contributed by atoms with Gasteiger partial charge in [0, 0.05) is 10.1 Å². The molecule has 0 aromatic heterocycles. The third-order valence-corrected chi connectivity index (χ3v) is 3.71. The molecule has 0 radical (unpaired) electrons. The second-order valence-electron chi connectivity index (χ2n) is 4.26. The molecule has 2 aromatic carbocycles. The van der Waals surface area contributed by atoms with Gasteiger partial charge >= 0.3 is 0 Å². The van der Waals surface area contributed by atoms with E-state index in [9.17, 15) is 14.3 Å². The van der Waals surface area contributed by atoms with Crippen molar-refractivity contribution in [1.82, 2.24) is 5.32 Å². The zero-order valence-corrected chi connectivity index (χ0v) is 12.7. The summed E-state index contributed by atoms with van der Waals surface area (Å²) in [6, 6.07) is 13.0. The summed E-state index contributed by atoms with van der Waals surface area (Å²) in [5, 5.41) is 12.6. The van der Waals surface area contributed by atoms with Crippen LogP contribution < -0.4 is 5.32 Å². The Morgan fingerprint density at radius 1 is 1.25 bits per heavy atom. The van der Waals surface area contributed by atoms with Crippen molar-refractivity contribution >= 4 is 28.5 Å². The van der Waals surface area contributed by atoms with Crippen LogP contribution in [-0.4, -0.2) is 17.6 Å². The molecule has 0 aliphatic carbocycles. The highest BCUT2D eigenvalue weighted by Gasteiger charge is 2.13. The number of aliphatic hydroxyl groups excluding tert-OH is 1. The Kier molecular flexibility index (Phi) is 5.08. The van der Waals surface area contributed by atoms with Crippen molar-refractivity contribution in [3.8, 4) is 0 Å². The molecule has 0 aliphatic heterocycles. The quantitative estimate of drug-likeness (QED) is 0.796. The summed E-state index contributed by atoms with van der Waals surface area (Å²) < 4.78 is 13.5. The summed E-state index contributed by atoms with van der Waals surface area (Å²) >= 11 is 1.91. The fourth-order valence-corrected chi connectivity index (χ4v) is 2.47. The average Bonchev–Trinajstić information content (AvgIpc) is 2.45. The summed E-state index contributed by atoms with van der Waals surface area (Å²) in [6.07, 6.45) is -0.766. The van der Waals surface area contributed by atoms with Crippen LogP contribution >= 0.6 is 22.6 Å². The third-order valence-electron chi connectivity index (χ3n) is 2.82. The minimum Gasteiger partial charge on any atom is -0.387 e. The fourth-order valence-electron chi connectivity index (χ4n) is 1.75. The van der Waals surface area contributed by atoms with Crippen LogP contribution in [0.4, 0.5) is 4.39 Å². The van der Waals surface area contributed by atoms with Crippen LogP contribution in [-0.2, 0) is 0 Å². The summed E-state index contributed by atoms with van der Waals surface area (Å²) in [4.78, 5) is 12.0. The number of hydrogen-bond acceptors (Lipinski definition) is 2. The zero-order chi connectivity index (χ0) is 14.5. The van der Waals surface area contributed by atoms with Gasteiger partial charge in [0.05, 0.1) is 11.7 Å². The van der Waals surface area contributed by atoms with Crippen LogP contribution in [0.1, 0.15) is 22.0 Å². The van der Waals surface area contributed by atoms with Gasteiger partial charge in [0.25, 0.3) is 5.91 Å². The molecule has 0 saturated carbocycles. The van der Waals surface area contributed by atoms with Gasteiger partial charge in [-0.25, -0.2) is 4.39 Å². The predicted molar refractivity (Wildman–Crippen MR) is 82.9 cm³/mol. The number of hydrogen-bond donors (Lipinski definition) is 2. The summed E-state index contributed by atoms with van der Waals surface area (Å²) in [6.45, 7) is 0.107. The summed E-state index contributed by atoms with van der Waals surface area (Å²) in [5.74, 6) is -0.709. The Balaban J connectivity index is 1.99. The zero-order valence-electron chi connectivity index (χ0n) is 10.5. The number of nitrogens with one attached hydrogen (secondary N) is 1. The van der Waals surface area contributed by atoms with Crippen LogP contribution in [0.2, 0.25) is 0 Å². The number of carbonyl (C=O) groups is 1. The lowest BCUT2D eigenvalue weighted by Crippen LogP contribution is -2.29. The number of halogens is 2. The standard InChI is InChI=1S/C15H13FINO2/c16-11-6-7-12(13(17)8-11)15(20)18-9-14(19)10-4-2-1-3-5-10/h1-8,14,19H,9H2,(H,18,20). The Bertz CT molecular complexity index is 604. The molecule has 0 spiro atoms. The van der Waals surface area contributed by atoms with Gasteiger partial charge in [0.15, 0.2) is 0 Å². The van der Waals surface area contributed by atoms with E-state index >= 15 is 0 Å². The minimum absolute atomic E-state index is 0.107. The maximum absolute atomic E-state index is 13.0. The van der Waals surface area contributed by atoms with Crippen molar-refractivity contribution < 1.29 is 14.3 Å². The predicted octanol–water partition coefficient (Wildman–Crippen LogP) is 2.89. The summed E-state index contributed by atoms with van der Waals surface area (Å²) in [5.41, 5.74) is 1.13. The van der Waals surface area contributed by atoms with Crippen LogP contribution in [0, 0.1) is 9.39 Å². The molecule has 0 heterocycles. The molecule has 0 saturated heterocycles. The fraction of sp³-hybridized carbons (Fsp3) is 0.133. The Labute approximate surface area is 130 Å². The Morgan fingerprint density at radius 3 is 2.60 bits per heavy atom. The molecule has 2 rings (SSSR count). The number of aliphatic hydroxyl groups is 1. The first kappa shape index (κ1) is 14.9. The van der Waals surface area contributed by atoms with Crippen LogP contribution in [0.5, 0.6) is 0 Å². The van der Waals surface area contributed by atoms with Gasteiger partial charge in [0.1, 0.15) is 5.82 Å². The third kappa shape index (κ3) is 3.77. The number of carbonyl (C=O) groups excluding carboxylic acids is 1. The monoisotopic (exact) mass is 385 g/mol. The number of amides is 1. The number of rotatable bonds is 4. The highest BCUT2D eigenvalue weighted by atomic mass is 127. The molecular formula is C15H13FINO2. The molecule has 1 atom stereocenters. The molecular weight excluding hydrogens is 372 g/mol. The first-order valence-electron chi connectivity index (χ1n) is 6.04. The molecule has 0 bridgehead atoms. The van der Waals surface area contributed by atoms with Gasteiger partial charge in [-0.3, -0.25) is 4.79 Å². The van der Waals surface area contributed by atoms with E-state index in [-0.39, 0.29) is 18.3 Å². The molecule has 20 heavy (non-hydrogen) atoms. The van der Waals surface area contributed by atoms with Gasteiger partial charge < -0.3 is 10.4 Å². The first-order chi connectivity index (χ1) is 9.58. The number of benzene rings is 2. The highest BCUT2D eigenvalue weighted by Crippen LogP contribution is 2.15. The molecule has 5 heteroatoms. The van der Waals surface area contributed by atoms with Crippen molar-refractivity contribution in [1.29, 1.82) is 0 Å². The lowest BCUT2D eigenvalue weighted by atomic mass is 10.1. The lowest BCUT2D eigenvalue weighted by Gasteiger charge is -2.12. The largest absolute Gasteiger partial charge is 0.387 e. The molecule has 1 amide bonds. The Hall–Kier alpha value is -1.47. The van der Waals surface area contributed by atoms with E-state index in [4.69, 9.17) is 0 Å². The van der Waals surface area contributed by atoms with Gasteiger partial charge in [0.2, 0.25) is 0 Å². The molecule has 0 fully saturated rings. The second-order valence-corrected chi connectivity index (χ2v) is 5.42. The first-order valence-corrected chi connectivity index (χ1v) is 7.12. The van der Waals surface area contributed by atoms with E-state index in [2.05, 4.69) is 5.32 Å². The van der Waals surface area contributed by atoms with Gasteiger partial charge in [-0.05, 0) is 46.4 Å². The van der Waals surface area contributed by atoms with Crippen molar-refractivity contribution in [2.24, 2.45) is 0 Å². The van der Waals surface area contributed by atoms with Gasteiger partial charge in [-0.15, -0.1) is 0 Å². The second kappa shape index (κ2) is 6.81. The average molecular weight is 385 g/mol. The molecule has 0 aliphatic rings. The van der Waals surface area contributed by atoms with Crippen molar-refractivity contribution in [3.63, 3.8) is 0 Å². The SMILES string of the molecule is O=C(NCC(O)c1ccccc1)c1ccc(F)cc1I. The lowest BCUT2D eigenvalue weighted by molar-refractivity contribution is 0.0915. The Morgan fingerprint density at radius 2 is 1.95 bits per heavy atom.